The van der Waals surface area contributed by atoms with E-state index in [0.29, 0.717) is 6.04 Å². The van der Waals surface area contributed by atoms with Crippen LogP contribution in [0, 0.1) is 0 Å². The van der Waals surface area contributed by atoms with Crippen molar-refractivity contribution in [3.63, 3.8) is 0 Å². The first-order chi connectivity index (χ1) is 8.83. The lowest BCUT2D eigenvalue weighted by molar-refractivity contribution is 0.479. The van der Waals surface area contributed by atoms with Gasteiger partial charge in [0.2, 0.25) is 5.95 Å². The average molecular weight is 260 g/mol. The molecule has 1 N–H and O–H groups in total. The van der Waals surface area contributed by atoms with Crippen molar-refractivity contribution >= 4 is 17.3 Å². The SMILES string of the molecule is CC1CN(c2ncc(-c3cccs3)cn2)CCN1. The molecular formula is C13H16N4S. The Hall–Kier alpha value is -1.46. The maximum absolute atomic E-state index is 4.49. The highest BCUT2D eigenvalue weighted by molar-refractivity contribution is 7.13. The molecule has 1 fully saturated rings. The van der Waals surface area contributed by atoms with Gasteiger partial charge in [0.25, 0.3) is 0 Å². The molecule has 3 heterocycles. The van der Waals surface area contributed by atoms with Gasteiger partial charge in [-0.15, -0.1) is 11.3 Å². The normalized spacial score (nSPS) is 20.1. The molecule has 1 atom stereocenters. The molecule has 0 amide bonds. The first kappa shape index (κ1) is 11.6. The van der Waals surface area contributed by atoms with Gasteiger partial charge in [-0.1, -0.05) is 6.07 Å². The van der Waals surface area contributed by atoms with E-state index in [1.165, 1.54) is 4.88 Å². The number of piperazine rings is 1. The minimum absolute atomic E-state index is 0.499. The second kappa shape index (κ2) is 5.04. The zero-order chi connectivity index (χ0) is 12.4. The second-order valence-electron chi connectivity index (χ2n) is 4.55. The summed E-state index contributed by atoms with van der Waals surface area (Å²) in [6, 6.07) is 4.64. The molecule has 2 aromatic rings. The fraction of sp³-hybridized carbons (Fsp3) is 0.385. The fourth-order valence-corrected chi connectivity index (χ4v) is 2.87. The van der Waals surface area contributed by atoms with Gasteiger partial charge in [0.05, 0.1) is 0 Å². The number of nitrogens with zero attached hydrogens (tertiary/aromatic N) is 3. The van der Waals surface area contributed by atoms with Crippen LogP contribution in [0.4, 0.5) is 5.95 Å². The van der Waals surface area contributed by atoms with Crippen LogP contribution >= 0.6 is 11.3 Å². The van der Waals surface area contributed by atoms with Crippen molar-refractivity contribution in [1.82, 2.24) is 15.3 Å². The van der Waals surface area contributed by atoms with E-state index in [0.717, 1.165) is 31.1 Å². The number of nitrogens with one attached hydrogen (secondary N) is 1. The molecule has 0 aromatic carbocycles. The van der Waals surface area contributed by atoms with Gasteiger partial charge in [-0.3, -0.25) is 0 Å². The summed E-state index contributed by atoms with van der Waals surface area (Å²) in [6.45, 7) is 5.13. The molecule has 0 spiro atoms. The highest BCUT2D eigenvalue weighted by atomic mass is 32.1. The number of thiophene rings is 1. The summed E-state index contributed by atoms with van der Waals surface area (Å²) in [4.78, 5) is 12.4. The third-order valence-electron chi connectivity index (χ3n) is 3.10. The minimum atomic E-state index is 0.499. The van der Waals surface area contributed by atoms with Crippen molar-refractivity contribution < 1.29 is 0 Å². The molecule has 1 unspecified atom stereocenters. The Morgan fingerprint density at radius 2 is 2.22 bits per heavy atom. The molecule has 1 saturated heterocycles. The van der Waals surface area contributed by atoms with Gasteiger partial charge in [-0.2, -0.15) is 0 Å². The van der Waals surface area contributed by atoms with Crippen LogP contribution in [0.3, 0.4) is 0 Å². The van der Waals surface area contributed by atoms with Crippen molar-refractivity contribution in [2.75, 3.05) is 24.5 Å². The predicted molar refractivity (Wildman–Crippen MR) is 75.0 cm³/mol. The van der Waals surface area contributed by atoms with Crippen LogP contribution in [-0.4, -0.2) is 35.6 Å². The Morgan fingerprint density at radius 1 is 1.39 bits per heavy atom. The van der Waals surface area contributed by atoms with Gasteiger partial charge in [0.15, 0.2) is 0 Å². The molecule has 3 rings (SSSR count). The molecule has 1 aliphatic heterocycles. The summed E-state index contributed by atoms with van der Waals surface area (Å²) >= 11 is 1.71. The molecule has 18 heavy (non-hydrogen) atoms. The predicted octanol–water partition coefficient (Wildman–Crippen LogP) is 2.00. The molecule has 0 aliphatic carbocycles. The summed E-state index contributed by atoms with van der Waals surface area (Å²) in [5.41, 5.74) is 1.09. The zero-order valence-electron chi connectivity index (χ0n) is 10.3. The Kier molecular flexibility index (Phi) is 3.25. The Bertz CT molecular complexity index is 494. The first-order valence-electron chi connectivity index (χ1n) is 6.17. The molecule has 94 valence electrons. The van der Waals surface area contributed by atoms with Gasteiger partial charge in [-0.25, -0.2) is 9.97 Å². The van der Waals surface area contributed by atoms with Gasteiger partial charge in [-0.05, 0) is 18.4 Å². The average Bonchev–Trinajstić information content (AvgIpc) is 2.93. The summed E-state index contributed by atoms with van der Waals surface area (Å²) in [7, 11) is 0. The van der Waals surface area contributed by atoms with E-state index < -0.39 is 0 Å². The number of anilines is 1. The number of hydrogen-bond acceptors (Lipinski definition) is 5. The van der Waals surface area contributed by atoms with Crippen molar-refractivity contribution in [2.45, 2.75) is 13.0 Å². The Labute approximate surface area is 111 Å². The highest BCUT2D eigenvalue weighted by Gasteiger charge is 2.17. The van der Waals surface area contributed by atoms with Crippen LogP contribution in [0.25, 0.3) is 10.4 Å². The zero-order valence-corrected chi connectivity index (χ0v) is 11.2. The Balaban J connectivity index is 1.78. The molecular weight excluding hydrogens is 244 g/mol. The molecule has 2 aromatic heterocycles. The summed E-state index contributed by atoms with van der Waals surface area (Å²) in [6.07, 6.45) is 3.84. The van der Waals surface area contributed by atoms with E-state index in [1.54, 1.807) is 11.3 Å². The second-order valence-corrected chi connectivity index (χ2v) is 5.50. The van der Waals surface area contributed by atoms with E-state index in [1.807, 2.05) is 18.5 Å². The lowest BCUT2D eigenvalue weighted by atomic mass is 10.2. The maximum Gasteiger partial charge on any atom is 0.225 e. The van der Waals surface area contributed by atoms with Gasteiger partial charge >= 0.3 is 0 Å². The molecule has 5 heteroatoms. The van der Waals surface area contributed by atoms with E-state index >= 15 is 0 Å². The van der Waals surface area contributed by atoms with Gasteiger partial charge in [0.1, 0.15) is 0 Å². The summed E-state index contributed by atoms with van der Waals surface area (Å²) in [5.74, 6) is 0.837. The van der Waals surface area contributed by atoms with Crippen LogP contribution in [0.5, 0.6) is 0 Å². The lowest BCUT2D eigenvalue weighted by Crippen LogP contribution is -2.49. The minimum Gasteiger partial charge on any atom is -0.338 e. The molecule has 1 aliphatic rings. The standard InChI is InChI=1S/C13H16N4S/c1-10-9-17(5-4-14-10)13-15-7-11(8-16-13)12-3-2-6-18-12/h2-3,6-8,10,14H,4-5,9H2,1H3. The molecule has 0 radical (unpaired) electrons. The third kappa shape index (κ3) is 2.37. The van der Waals surface area contributed by atoms with Crippen molar-refractivity contribution in [1.29, 1.82) is 0 Å². The molecule has 0 bridgehead atoms. The van der Waals surface area contributed by atoms with Crippen molar-refractivity contribution in [2.24, 2.45) is 0 Å². The van der Waals surface area contributed by atoms with Crippen LogP contribution in [0.1, 0.15) is 6.92 Å². The van der Waals surface area contributed by atoms with Crippen LogP contribution in [0.2, 0.25) is 0 Å². The van der Waals surface area contributed by atoms with E-state index in [9.17, 15) is 0 Å². The van der Waals surface area contributed by atoms with Crippen molar-refractivity contribution in [3.05, 3.63) is 29.9 Å². The Morgan fingerprint density at radius 3 is 2.89 bits per heavy atom. The summed E-state index contributed by atoms with van der Waals surface area (Å²) < 4.78 is 0. The number of hydrogen-bond donors (Lipinski definition) is 1. The third-order valence-corrected chi connectivity index (χ3v) is 4.01. The van der Waals surface area contributed by atoms with Crippen LogP contribution in [-0.2, 0) is 0 Å². The molecule has 4 nitrogen and oxygen atoms in total. The quantitative estimate of drug-likeness (QED) is 0.896. The van der Waals surface area contributed by atoms with E-state index in [-0.39, 0.29) is 0 Å². The number of rotatable bonds is 2. The monoisotopic (exact) mass is 260 g/mol. The largest absolute Gasteiger partial charge is 0.338 e. The fourth-order valence-electron chi connectivity index (χ4n) is 2.17. The molecule has 0 saturated carbocycles. The van der Waals surface area contributed by atoms with Crippen molar-refractivity contribution in [3.8, 4) is 10.4 Å². The van der Waals surface area contributed by atoms with E-state index in [4.69, 9.17) is 0 Å². The lowest BCUT2D eigenvalue weighted by Gasteiger charge is -2.31. The van der Waals surface area contributed by atoms with Crippen LogP contribution < -0.4 is 10.2 Å². The van der Waals surface area contributed by atoms with E-state index in [2.05, 4.69) is 38.6 Å². The topological polar surface area (TPSA) is 41.1 Å². The van der Waals surface area contributed by atoms with Gasteiger partial charge in [0, 0.05) is 48.5 Å². The smallest absolute Gasteiger partial charge is 0.225 e. The van der Waals surface area contributed by atoms with Crippen LogP contribution in [0.15, 0.2) is 29.9 Å². The first-order valence-corrected chi connectivity index (χ1v) is 7.05. The van der Waals surface area contributed by atoms with Gasteiger partial charge < -0.3 is 10.2 Å². The number of aromatic nitrogens is 2. The maximum atomic E-state index is 4.49. The highest BCUT2D eigenvalue weighted by Crippen LogP contribution is 2.23. The summed E-state index contributed by atoms with van der Waals surface area (Å²) in [5, 5.41) is 5.49.